The number of hydrogen-bond acceptors (Lipinski definition) is 4. The van der Waals surface area contributed by atoms with Crippen molar-refractivity contribution >= 4 is 15.5 Å². The van der Waals surface area contributed by atoms with Gasteiger partial charge in [0.15, 0.2) is 9.84 Å². The molecule has 2 rings (SSSR count). The van der Waals surface area contributed by atoms with Gasteiger partial charge < -0.3 is 10.6 Å². The van der Waals surface area contributed by atoms with Gasteiger partial charge in [-0.2, -0.15) is 0 Å². The van der Waals surface area contributed by atoms with E-state index in [1.54, 1.807) is 12.1 Å². The van der Waals surface area contributed by atoms with Crippen molar-refractivity contribution in [2.24, 2.45) is 5.73 Å². The van der Waals surface area contributed by atoms with E-state index in [4.69, 9.17) is 5.73 Å². The van der Waals surface area contributed by atoms with Gasteiger partial charge in [-0.15, -0.1) is 0 Å². The lowest BCUT2D eigenvalue weighted by Crippen LogP contribution is -2.35. The third-order valence-corrected chi connectivity index (χ3v) is 4.37. The molecule has 2 N–H and O–H groups in total. The molecular weight excluding hydrogens is 236 g/mol. The standard InChI is InChI=1S/C12H18N2O2S/c1-17(15,16)12-6-4-10(5-7-12)14-8-2-3-11(14)9-13/h4-7,11H,2-3,8-9,13H2,1H3. The zero-order valence-corrected chi connectivity index (χ0v) is 10.8. The molecule has 1 heterocycles. The molecule has 1 aliphatic rings. The molecule has 0 radical (unpaired) electrons. The van der Waals surface area contributed by atoms with Crippen molar-refractivity contribution in [3.63, 3.8) is 0 Å². The number of hydrogen-bond donors (Lipinski definition) is 1. The molecule has 17 heavy (non-hydrogen) atoms. The van der Waals surface area contributed by atoms with Crippen molar-refractivity contribution in [1.29, 1.82) is 0 Å². The maximum atomic E-state index is 11.4. The molecule has 0 spiro atoms. The first-order chi connectivity index (χ1) is 8.02. The largest absolute Gasteiger partial charge is 0.367 e. The maximum absolute atomic E-state index is 11.4. The fourth-order valence-corrected chi connectivity index (χ4v) is 2.94. The summed E-state index contributed by atoms with van der Waals surface area (Å²) >= 11 is 0. The minimum absolute atomic E-state index is 0.366. The zero-order valence-electron chi connectivity index (χ0n) is 9.96. The Bertz CT molecular complexity index is 482. The van der Waals surface area contributed by atoms with Crippen LogP contribution >= 0.6 is 0 Å². The second-order valence-electron chi connectivity index (χ2n) is 4.49. The lowest BCUT2D eigenvalue weighted by atomic mass is 10.2. The maximum Gasteiger partial charge on any atom is 0.175 e. The highest BCUT2D eigenvalue weighted by atomic mass is 32.2. The van der Waals surface area contributed by atoms with Crippen LogP contribution in [-0.4, -0.2) is 33.8 Å². The number of nitrogens with two attached hydrogens (primary N) is 1. The number of rotatable bonds is 3. The van der Waals surface area contributed by atoms with E-state index in [0.717, 1.165) is 25.1 Å². The van der Waals surface area contributed by atoms with Crippen molar-refractivity contribution in [3.8, 4) is 0 Å². The van der Waals surface area contributed by atoms with Crippen LogP contribution < -0.4 is 10.6 Å². The number of benzene rings is 1. The average Bonchev–Trinajstić information content (AvgIpc) is 2.76. The van der Waals surface area contributed by atoms with E-state index in [0.29, 0.717) is 17.5 Å². The summed E-state index contributed by atoms with van der Waals surface area (Å²) in [6, 6.07) is 7.45. The van der Waals surface area contributed by atoms with Crippen molar-refractivity contribution < 1.29 is 8.42 Å². The Hall–Kier alpha value is -1.07. The van der Waals surface area contributed by atoms with Crippen LogP contribution in [0, 0.1) is 0 Å². The van der Waals surface area contributed by atoms with Crippen LogP contribution in [-0.2, 0) is 9.84 Å². The predicted molar refractivity (Wildman–Crippen MR) is 69.0 cm³/mol. The van der Waals surface area contributed by atoms with E-state index >= 15 is 0 Å². The molecule has 1 aliphatic heterocycles. The summed E-state index contributed by atoms with van der Waals surface area (Å²) < 4.78 is 22.7. The van der Waals surface area contributed by atoms with E-state index in [-0.39, 0.29) is 0 Å². The van der Waals surface area contributed by atoms with Gasteiger partial charge in [0.1, 0.15) is 0 Å². The Morgan fingerprint density at radius 1 is 1.35 bits per heavy atom. The van der Waals surface area contributed by atoms with Crippen LogP contribution in [0.25, 0.3) is 0 Å². The van der Waals surface area contributed by atoms with Crippen LogP contribution in [0.5, 0.6) is 0 Å². The van der Waals surface area contributed by atoms with E-state index in [2.05, 4.69) is 4.90 Å². The monoisotopic (exact) mass is 254 g/mol. The van der Waals surface area contributed by atoms with Gasteiger partial charge >= 0.3 is 0 Å². The van der Waals surface area contributed by atoms with Gasteiger partial charge in [-0.25, -0.2) is 8.42 Å². The molecule has 1 fully saturated rings. The Labute approximate surface area is 102 Å². The number of sulfone groups is 1. The molecule has 4 nitrogen and oxygen atoms in total. The van der Waals surface area contributed by atoms with Gasteiger partial charge in [-0.1, -0.05) is 0 Å². The Balaban J connectivity index is 2.24. The van der Waals surface area contributed by atoms with Gasteiger partial charge in [0, 0.05) is 31.1 Å². The first-order valence-electron chi connectivity index (χ1n) is 5.79. The third kappa shape index (κ3) is 2.61. The van der Waals surface area contributed by atoms with E-state index in [1.807, 2.05) is 12.1 Å². The van der Waals surface area contributed by atoms with Gasteiger partial charge in [-0.3, -0.25) is 0 Å². The van der Waals surface area contributed by atoms with Crippen molar-refractivity contribution in [2.45, 2.75) is 23.8 Å². The minimum atomic E-state index is -3.11. The number of anilines is 1. The smallest absolute Gasteiger partial charge is 0.175 e. The summed E-state index contributed by atoms with van der Waals surface area (Å²) in [6.45, 7) is 1.65. The molecule has 0 aliphatic carbocycles. The molecular formula is C12H18N2O2S. The average molecular weight is 254 g/mol. The zero-order chi connectivity index (χ0) is 12.5. The quantitative estimate of drug-likeness (QED) is 0.874. The molecule has 1 atom stereocenters. The van der Waals surface area contributed by atoms with Crippen LogP contribution in [0.3, 0.4) is 0 Å². The lowest BCUT2D eigenvalue weighted by Gasteiger charge is -2.25. The number of nitrogens with zero attached hydrogens (tertiary/aromatic N) is 1. The molecule has 0 bridgehead atoms. The summed E-state index contributed by atoms with van der Waals surface area (Å²) in [6.07, 6.45) is 3.49. The van der Waals surface area contributed by atoms with E-state index in [9.17, 15) is 8.42 Å². The predicted octanol–water partition coefficient (Wildman–Crippen LogP) is 1.02. The highest BCUT2D eigenvalue weighted by molar-refractivity contribution is 7.90. The van der Waals surface area contributed by atoms with Gasteiger partial charge in [-0.05, 0) is 37.1 Å². The normalized spacial score (nSPS) is 20.8. The Morgan fingerprint density at radius 3 is 2.53 bits per heavy atom. The highest BCUT2D eigenvalue weighted by Crippen LogP contribution is 2.25. The summed E-state index contributed by atoms with van der Waals surface area (Å²) in [5, 5.41) is 0. The minimum Gasteiger partial charge on any atom is -0.367 e. The van der Waals surface area contributed by atoms with Crippen LogP contribution in [0.15, 0.2) is 29.2 Å². The third-order valence-electron chi connectivity index (χ3n) is 3.25. The van der Waals surface area contributed by atoms with E-state index in [1.165, 1.54) is 6.26 Å². The SMILES string of the molecule is CS(=O)(=O)c1ccc(N2CCCC2CN)cc1. The Morgan fingerprint density at radius 2 is 2.00 bits per heavy atom. The molecule has 0 amide bonds. The van der Waals surface area contributed by atoms with Crippen molar-refractivity contribution in [1.82, 2.24) is 0 Å². The molecule has 5 heteroatoms. The fraction of sp³-hybridized carbons (Fsp3) is 0.500. The topological polar surface area (TPSA) is 63.4 Å². The second-order valence-corrected chi connectivity index (χ2v) is 6.51. The summed E-state index contributed by atoms with van der Waals surface area (Å²) in [5.41, 5.74) is 6.78. The van der Waals surface area contributed by atoms with Crippen LogP contribution in [0.4, 0.5) is 5.69 Å². The first kappa shape index (κ1) is 12.4. The Kier molecular flexibility index (Phi) is 3.40. The molecule has 1 saturated heterocycles. The summed E-state index contributed by atoms with van der Waals surface area (Å²) in [7, 11) is -3.11. The lowest BCUT2D eigenvalue weighted by molar-refractivity contribution is 0.602. The fourth-order valence-electron chi connectivity index (χ4n) is 2.31. The van der Waals surface area contributed by atoms with Crippen LogP contribution in [0.2, 0.25) is 0 Å². The van der Waals surface area contributed by atoms with Gasteiger partial charge in [0.2, 0.25) is 0 Å². The molecule has 94 valence electrons. The molecule has 0 aromatic heterocycles. The first-order valence-corrected chi connectivity index (χ1v) is 7.68. The highest BCUT2D eigenvalue weighted by Gasteiger charge is 2.23. The second kappa shape index (κ2) is 4.66. The van der Waals surface area contributed by atoms with Crippen molar-refractivity contribution in [3.05, 3.63) is 24.3 Å². The van der Waals surface area contributed by atoms with Gasteiger partial charge in [0.05, 0.1) is 4.90 Å². The summed E-state index contributed by atoms with van der Waals surface area (Å²) in [4.78, 5) is 2.62. The molecule has 1 unspecified atom stereocenters. The molecule has 1 aromatic rings. The van der Waals surface area contributed by atoms with E-state index < -0.39 is 9.84 Å². The van der Waals surface area contributed by atoms with Gasteiger partial charge in [0.25, 0.3) is 0 Å². The molecule has 1 aromatic carbocycles. The molecule has 0 saturated carbocycles. The van der Waals surface area contributed by atoms with Crippen molar-refractivity contribution in [2.75, 3.05) is 24.2 Å². The summed E-state index contributed by atoms with van der Waals surface area (Å²) in [5.74, 6) is 0. The van der Waals surface area contributed by atoms with Crippen LogP contribution in [0.1, 0.15) is 12.8 Å².